The molecule has 0 N–H and O–H groups in total. The van der Waals surface area contributed by atoms with Crippen LogP contribution in [0.1, 0.15) is 154 Å². The third-order valence-corrected chi connectivity index (χ3v) is 21.0. The number of aromatic nitrogens is 1. The molecule has 1 atom stereocenters. The maximum absolute atomic E-state index is 7.74. The summed E-state index contributed by atoms with van der Waals surface area (Å²) in [6.45, 7) is 34.6. The third kappa shape index (κ3) is 10.0. The van der Waals surface area contributed by atoms with Crippen LogP contribution < -0.4 is 9.80 Å². The van der Waals surface area contributed by atoms with Gasteiger partial charge in [0.25, 0.3) is 0 Å². The molecule has 16 rings (SSSR count). The normalized spacial score (nSPS) is 14.5. The van der Waals surface area contributed by atoms with Crippen LogP contribution in [0.25, 0.3) is 82.5 Å². The van der Waals surface area contributed by atoms with Gasteiger partial charge in [0.15, 0.2) is 5.58 Å². The van der Waals surface area contributed by atoms with E-state index in [2.05, 4.69) is 373 Å². The van der Waals surface area contributed by atoms with Gasteiger partial charge >= 0.3 is 0 Å². The fourth-order valence-electron chi connectivity index (χ4n) is 15.7. The number of fused-ring (bicyclic) bond motifs is 14. The molecule has 1 aliphatic rings. The van der Waals surface area contributed by atoms with Crippen LogP contribution in [0.5, 0.6) is 0 Å². The smallest absolute Gasteiger partial charge is 0.160 e. The minimum atomic E-state index is -1.02. The molecule has 0 bridgehead atoms. The molecule has 3 aromatic heterocycles. The summed E-state index contributed by atoms with van der Waals surface area (Å²) in [6, 6.07) is 96.1. The summed E-state index contributed by atoms with van der Waals surface area (Å²) in [5.74, 6) is 0. The van der Waals surface area contributed by atoms with Crippen molar-refractivity contribution in [3.05, 3.63) is 305 Å². The number of benzene rings is 12. The van der Waals surface area contributed by atoms with Crippen LogP contribution in [0.15, 0.2) is 264 Å². The maximum atomic E-state index is 7.74. The van der Waals surface area contributed by atoms with E-state index < -0.39 is 5.41 Å². The van der Waals surface area contributed by atoms with E-state index in [0.29, 0.717) is 0 Å². The Labute approximate surface area is 577 Å². The highest BCUT2D eigenvalue weighted by Crippen LogP contribution is 2.65. The standard InChI is InChI=1S/C93H87N3O2/c1-88(2,3)58-34-36-61(37-35-58)93(62-42-50-69(51-43-62)96-76-52-44-63(91(10,11)12)54-72(76)73-55-64(92(13,14)15)45-53-77(73)96)74-57-79(95(66-28-20-17-21-29-66)68-48-40-60(41-49-68)90(7,8)9)86-83(71-31-23-25-33-81(71)97-86)84(74)85-75(93)56-78(82-70-30-22-24-32-80(70)98-87(82)85)94(65-26-18-16-19-27-65)67-46-38-59(39-47-67)89(4,5)6/h16-57H,1-15H3. The van der Waals surface area contributed by atoms with Gasteiger partial charge in [-0.2, -0.15) is 0 Å². The highest BCUT2D eigenvalue weighted by molar-refractivity contribution is 6.26. The van der Waals surface area contributed by atoms with Gasteiger partial charge in [-0.05, 0) is 186 Å². The van der Waals surface area contributed by atoms with Crippen molar-refractivity contribution in [2.75, 3.05) is 9.80 Å². The maximum Gasteiger partial charge on any atom is 0.160 e. The molecule has 98 heavy (non-hydrogen) atoms. The topological polar surface area (TPSA) is 37.7 Å². The van der Waals surface area contributed by atoms with Crippen molar-refractivity contribution in [2.24, 2.45) is 0 Å². The quantitative estimate of drug-likeness (QED) is 0.144. The Balaban J connectivity index is 1.09. The first-order chi connectivity index (χ1) is 46.8. The fourth-order valence-corrected chi connectivity index (χ4v) is 15.7. The minimum Gasteiger partial charge on any atom is -0.455 e. The molecule has 0 spiro atoms. The molecule has 486 valence electrons. The molecule has 1 aliphatic carbocycles. The molecule has 0 aliphatic heterocycles. The molecule has 0 fully saturated rings. The zero-order valence-corrected chi connectivity index (χ0v) is 59.4. The summed E-state index contributed by atoms with van der Waals surface area (Å²) in [6.07, 6.45) is 0. The van der Waals surface area contributed by atoms with Gasteiger partial charge in [0.1, 0.15) is 16.7 Å². The summed E-state index contributed by atoms with van der Waals surface area (Å²) in [5.41, 5.74) is 24.5. The van der Waals surface area contributed by atoms with Gasteiger partial charge in [-0.15, -0.1) is 0 Å². The third-order valence-electron chi connectivity index (χ3n) is 21.0. The van der Waals surface area contributed by atoms with Crippen LogP contribution >= 0.6 is 0 Å². The van der Waals surface area contributed by atoms with Crippen LogP contribution in [0, 0.1) is 0 Å². The molecule has 15 aromatic rings. The van der Waals surface area contributed by atoms with Crippen LogP contribution in [-0.2, 0) is 32.5 Å². The fraction of sp³-hybridized carbons (Fsp3) is 0.226. The van der Waals surface area contributed by atoms with Crippen molar-refractivity contribution >= 4 is 99.8 Å². The number of furan rings is 2. The Bertz CT molecular complexity index is 5520. The number of hydrogen-bond donors (Lipinski definition) is 0. The zero-order valence-electron chi connectivity index (χ0n) is 59.4. The van der Waals surface area contributed by atoms with Crippen LogP contribution in [0.3, 0.4) is 0 Å². The first-order valence-corrected chi connectivity index (χ1v) is 35.0. The molecule has 0 radical (unpaired) electrons. The number of rotatable bonds is 9. The molecule has 5 nitrogen and oxygen atoms in total. The Morgan fingerprint density at radius 2 is 0.653 bits per heavy atom. The molecule has 0 saturated carbocycles. The van der Waals surface area contributed by atoms with E-state index in [1.54, 1.807) is 0 Å². The van der Waals surface area contributed by atoms with Gasteiger partial charge < -0.3 is 23.2 Å². The second-order valence-corrected chi connectivity index (χ2v) is 32.6. The average Bonchev–Trinajstić information content (AvgIpc) is 1.49. The molecular formula is C93H87N3O2. The molecule has 3 heterocycles. The summed E-state index contributed by atoms with van der Waals surface area (Å²) in [4.78, 5) is 4.90. The summed E-state index contributed by atoms with van der Waals surface area (Å²) >= 11 is 0. The van der Waals surface area contributed by atoms with Gasteiger partial charge in [0.2, 0.25) is 0 Å². The molecule has 0 amide bonds. The average molecular weight is 1280 g/mol. The van der Waals surface area contributed by atoms with Gasteiger partial charge in [-0.1, -0.05) is 249 Å². The lowest BCUT2D eigenvalue weighted by atomic mass is 9.67. The Morgan fingerprint density at radius 1 is 0.296 bits per heavy atom. The monoisotopic (exact) mass is 1280 g/mol. The Morgan fingerprint density at radius 3 is 1.11 bits per heavy atom. The van der Waals surface area contributed by atoms with Crippen molar-refractivity contribution < 1.29 is 8.83 Å². The predicted octanol–water partition coefficient (Wildman–Crippen LogP) is 26.4. The molecule has 1 unspecified atom stereocenters. The van der Waals surface area contributed by atoms with Crippen molar-refractivity contribution in [1.82, 2.24) is 4.57 Å². The van der Waals surface area contributed by atoms with E-state index in [1.165, 1.54) is 49.6 Å². The van der Waals surface area contributed by atoms with Gasteiger partial charge in [-0.3, -0.25) is 0 Å². The summed E-state index contributed by atoms with van der Waals surface area (Å²) in [5, 5.41) is 6.66. The number of hydrogen-bond acceptors (Lipinski definition) is 4. The van der Waals surface area contributed by atoms with E-state index in [1.807, 2.05) is 0 Å². The highest BCUT2D eigenvalue weighted by Gasteiger charge is 2.51. The second kappa shape index (κ2) is 22.3. The van der Waals surface area contributed by atoms with Crippen LogP contribution in [0.4, 0.5) is 34.1 Å². The lowest BCUT2D eigenvalue weighted by Gasteiger charge is -2.36. The van der Waals surface area contributed by atoms with Crippen LogP contribution in [0.2, 0.25) is 0 Å². The van der Waals surface area contributed by atoms with Crippen molar-refractivity contribution in [3.63, 3.8) is 0 Å². The van der Waals surface area contributed by atoms with Crippen molar-refractivity contribution in [2.45, 2.75) is 136 Å². The zero-order chi connectivity index (χ0) is 68.2. The molecule has 0 saturated heterocycles. The Kier molecular flexibility index (Phi) is 14.2. The number of nitrogens with zero attached hydrogens (tertiary/aromatic N) is 3. The molecule has 5 heteroatoms. The van der Waals surface area contributed by atoms with Crippen molar-refractivity contribution in [3.8, 4) is 16.8 Å². The number of anilines is 6. The molecule has 12 aromatic carbocycles. The van der Waals surface area contributed by atoms with Gasteiger partial charge in [0, 0.05) is 66.5 Å². The van der Waals surface area contributed by atoms with Gasteiger partial charge in [-0.25, -0.2) is 0 Å². The summed E-state index contributed by atoms with van der Waals surface area (Å²) in [7, 11) is 0. The van der Waals surface area contributed by atoms with E-state index in [-0.39, 0.29) is 27.1 Å². The predicted molar refractivity (Wildman–Crippen MR) is 416 cm³/mol. The van der Waals surface area contributed by atoms with E-state index in [4.69, 9.17) is 8.83 Å². The molecular weight excluding hydrogens is 1190 g/mol. The van der Waals surface area contributed by atoms with E-state index >= 15 is 0 Å². The lowest BCUT2D eigenvalue weighted by molar-refractivity contribution is 0.589. The first-order valence-electron chi connectivity index (χ1n) is 35.0. The van der Waals surface area contributed by atoms with E-state index in [9.17, 15) is 0 Å². The number of para-hydroxylation sites is 4. The largest absolute Gasteiger partial charge is 0.455 e. The minimum absolute atomic E-state index is 0.0365. The van der Waals surface area contributed by atoms with Crippen LogP contribution in [-0.4, -0.2) is 4.57 Å². The Hall–Kier alpha value is -10.4. The van der Waals surface area contributed by atoms with Gasteiger partial charge in [0.05, 0.1) is 33.2 Å². The highest BCUT2D eigenvalue weighted by atomic mass is 16.3. The van der Waals surface area contributed by atoms with E-state index in [0.717, 1.165) is 117 Å². The van der Waals surface area contributed by atoms with Crippen molar-refractivity contribution in [1.29, 1.82) is 0 Å². The first kappa shape index (κ1) is 62.4. The SMILES string of the molecule is CC(C)(C)c1ccc(N(c2ccccc2)c2cc3c(c4c2oc2ccccc24)-c2c(cc(N(c4ccccc4)c4ccc(C(C)(C)C)cc4)c4c2oc2ccccc24)C3(c2ccc(-n3c4ccc(C(C)(C)C)cc4c4cc(C(C)(C)C)ccc43)cc2)c2ccc(C(C)(C)C)cc2)cc1. The lowest BCUT2D eigenvalue weighted by Crippen LogP contribution is -2.29. The summed E-state index contributed by atoms with van der Waals surface area (Å²) < 4.78 is 17.8. The second-order valence-electron chi connectivity index (χ2n) is 32.6.